The molecule has 0 unspecified atom stereocenters. The molecule has 0 spiro atoms. The zero-order valence-electron chi connectivity index (χ0n) is 16.5. The first-order valence-electron chi connectivity index (χ1n) is 8.99. The number of allylic oxidation sites excluding steroid dienone is 1. The van der Waals surface area contributed by atoms with E-state index in [9.17, 15) is 9.90 Å². The summed E-state index contributed by atoms with van der Waals surface area (Å²) in [5.41, 5.74) is 1.23. The number of nitrogens with zero attached hydrogens (tertiary/aromatic N) is 3. The highest BCUT2D eigenvalue weighted by molar-refractivity contribution is 6.15. The van der Waals surface area contributed by atoms with E-state index in [2.05, 4.69) is 0 Å². The normalized spacial score (nSPS) is 13.5. The van der Waals surface area contributed by atoms with Crippen LogP contribution in [0.15, 0.2) is 36.1 Å². The highest BCUT2D eigenvalue weighted by Gasteiger charge is 2.32. The summed E-state index contributed by atoms with van der Waals surface area (Å²) in [5, 5.41) is 28.3. The van der Waals surface area contributed by atoms with E-state index in [4.69, 9.17) is 24.7 Å². The predicted octanol–water partition coefficient (Wildman–Crippen LogP) is 2.87. The third-order valence-electron chi connectivity index (χ3n) is 4.61. The maximum atomic E-state index is 12.9. The molecule has 3 rings (SSSR count). The van der Waals surface area contributed by atoms with Crippen molar-refractivity contribution in [2.24, 2.45) is 0 Å². The van der Waals surface area contributed by atoms with Crippen molar-refractivity contribution in [2.75, 3.05) is 27.3 Å². The van der Waals surface area contributed by atoms with Gasteiger partial charge in [-0.25, -0.2) is 0 Å². The lowest BCUT2D eigenvalue weighted by Gasteiger charge is -2.17. The number of Topliss-reactive ketones (excluding diaryl/α,β-unsaturated/α-hetero) is 1. The molecule has 0 bridgehead atoms. The second kappa shape index (κ2) is 8.99. The summed E-state index contributed by atoms with van der Waals surface area (Å²) in [4.78, 5) is 14.4. The number of methoxy groups -OCH3 is 2. The first-order chi connectivity index (χ1) is 14.5. The zero-order valence-corrected chi connectivity index (χ0v) is 16.5. The molecule has 1 N–H and O–H groups in total. The minimum Gasteiger partial charge on any atom is -0.507 e. The molecule has 30 heavy (non-hydrogen) atoms. The number of carbonyl (C=O) groups excluding carboxylic acids is 1. The third-order valence-corrected chi connectivity index (χ3v) is 4.61. The van der Waals surface area contributed by atoms with Crippen molar-refractivity contribution in [3.8, 4) is 35.1 Å². The summed E-state index contributed by atoms with van der Waals surface area (Å²) >= 11 is 0. The molecule has 1 aliphatic rings. The van der Waals surface area contributed by atoms with Crippen molar-refractivity contribution in [1.29, 1.82) is 10.5 Å². The molecule has 0 radical (unpaired) electrons. The number of fused-ring (bicyclic) bond motifs is 1. The van der Waals surface area contributed by atoms with Crippen molar-refractivity contribution in [3.05, 3.63) is 52.8 Å². The average Bonchev–Trinajstić information content (AvgIpc) is 3.06. The van der Waals surface area contributed by atoms with E-state index in [0.29, 0.717) is 28.2 Å². The first-order valence-corrected chi connectivity index (χ1v) is 8.99. The van der Waals surface area contributed by atoms with Crippen molar-refractivity contribution in [2.45, 2.75) is 6.54 Å². The smallest absolute Gasteiger partial charge is 0.231 e. The van der Waals surface area contributed by atoms with Crippen LogP contribution in [-0.4, -0.2) is 43.1 Å². The van der Waals surface area contributed by atoms with Crippen LogP contribution in [0.2, 0.25) is 0 Å². The van der Waals surface area contributed by atoms with Crippen LogP contribution in [0.1, 0.15) is 21.5 Å². The van der Waals surface area contributed by atoms with E-state index in [0.717, 1.165) is 0 Å². The summed E-state index contributed by atoms with van der Waals surface area (Å²) in [6.07, 6.45) is 1.55. The number of ether oxygens (including phenoxy) is 3. The minimum atomic E-state index is -0.344. The standard InChI is InChI=1S/C22H19N3O5/c1-28-15-3-6-19(29-2)14(11-15)12-20-21(27)16-4-5-18(26)17(22(16)30-20)13-25(9-7-23)10-8-24/h3-6,11-12,26H,9-10,13H2,1-2H3/b20-12+. The Kier molecular flexibility index (Phi) is 6.21. The molecular formula is C22H19N3O5. The van der Waals surface area contributed by atoms with Gasteiger partial charge in [0.05, 0.1) is 50.6 Å². The molecule has 1 aliphatic heterocycles. The van der Waals surface area contributed by atoms with Crippen molar-refractivity contribution >= 4 is 11.9 Å². The number of phenols is 1. The van der Waals surface area contributed by atoms with E-state index < -0.39 is 0 Å². The highest BCUT2D eigenvalue weighted by atomic mass is 16.5. The van der Waals surface area contributed by atoms with E-state index in [1.165, 1.54) is 31.3 Å². The molecule has 8 heteroatoms. The number of carbonyl (C=O) groups is 1. The second-order valence-electron chi connectivity index (χ2n) is 6.45. The van der Waals surface area contributed by atoms with E-state index in [1.807, 2.05) is 12.1 Å². The molecule has 0 aromatic heterocycles. The molecule has 1 heterocycles. The molecule has 0 fully saturated rings. The van der Waals surface area contributed by atoms with Crippen LogP contribution >= 0.6 is 0 Å². The molecule has 0 atom stereocenters. The van der Waals surface area contributed by atoms with Crippen LogP contribution in [0, 0.1) is 22.7 Å². The third kappa shape index (κ3) is 4.04. The predicted molar refractivity (Wildman–Crippen MR) is 107 cm³/mol. The number of nitriles is 2. The van der Waals surface area contributed by atoms with Gasteiger partial charge in [0.15, 0.2) is 5.76 Å². The van der Waals surface area contributed by atoms with Crippen LogP contribution < -0.4 is 14.2 Å². The first kappa shape index (κ1) is 20.7. The number of ketones is 1. The lowest BCUT2D eigenvalue weighted by molar-refractivity contribution is 0.101. The van der Waals surface area contributed by atoms with Gasteiger partial charge in [-0.2, -0.15) is 10.5 Å². The van der Waals surface area contributed by atoms with Gasteiger partial charge in [-0.15, -0.1) is 0 Å². The maximum Gasteiger partial charge on any atom is 0.231 e. The SMILES string of the molecule is COc1ccc(OC)c(/C=C2/Oc3c(ccc(O)c3CN(CC#N)CC#N)C2=O)c1. The quantitative estimate of drug-likeness (QED) is 0.552. The van der Waals surface area contributed by atoms with E-state index >= 15 is 0 Å². The van der Waals surface area contributed by atoms with Gasteiger partial charge < -0.3 is 19.3 Å². The lowest BCUT2D eigenvalue weighted by Crippen LogP contribution is -2.24. The van der Waals surface area contributed by atoms with E-state index in [1.54, 1.807) is 24.3 Å². The Labute approximate surface area is 173 Å². The lowest BCUT2D eigenvalue weighted by atomic mass is 10.0. The molecular weight excluding hydrogens is 386 g/mol. The van der Waals surface area contributed by atoms with E-state index in [-0.39, 0.29) is 42.7 Å². The average molecular weight is 405 g/mol. The highest BCUT2D eigenvalue weighted by Crippen LogP contribution is 2.40. The number of rotatable bonds is 7. The maximum absolute atomic E-state index is 12.9. The Morgan fingerprint density at radius 1 is 1.13 bits per heavy atom. The molecule has 152 valence electrons. The van der Waals surface area contributed by atoms with Crippen LogP contribution in [-0.2, 0) is 6.54 Å². The van der Waals surface area contributed by atoms with Gasteiger partial charge in [-0.1, -0.05) is 0 Å². The monoisotopic (exact) mass is 405 g/mol. The van der Waals surface area contributed by atoms with Gasteiger partial charge in [-0.05, 0) is 36.4 Å². The zero-order chi connectivity index (χ0) is 21.7. The number of phenolic OH excluding ortho intramolecular Hbond substituents is 1. The molecule has 0 aliphatic carbocycles. The number of hydrogen-bond acceptors (Lipinski definition) is 8. The Morgan fingerprint density at radius 2 is 1.87 bits per heavy atom. The fourth-order valence-corrected chi connectivity index (χ4v) is 3.13. The molecule has 0 saturated heterocycles. The topological polar surface area (TPSA) is 116 Å². The van der Waals surface area contributed by atoms with Crippen LogP contribution in [0.25, 0.3) is 6.08 Å². The van der Waals surface area contributed by atoms with Crippen molar-refractivity contribution in [3.63, 3.8) is 0 Å². The van der Waals surface area contributed by atoms with Gasteiger partial charge in [0, 0.05) is 12.1 Å². The summed E-state index contributed by atoms with van der Waals surface area (Å²) in [7, 11) is 3.06. The number of aromatic hydroxyl groups is 1. The second-order valence-corrected chi connectivity index (χ2v) is 6.45. The Bertz CT molecular complexity index is 1080. The summed E-state index contributed by atoms with van der Waals surface area (Å²) in [6.45, 7) is 0.0712. The van der Waals surface area contributed by atoms with Crippen LogP contribution in [0.5, 0.6) is 23.0 Å². The number of hydrogen-bond donors (Lipinski definition) is 1. The van der Waals surface area contributed by atoms with Crippen molar-refractivity contribution in [1.82, 2.24) is 4.90 Å². The Balaban J connectivity index is 2.00. The van der Waals surface area contributed by atoms with Crippen molar-refractivity contribution < 1.29 is 24.1 Å². The molecule has 2 aromatic rings. The fraction of sp³-hybridized carbons (Fsp3) is 0.227. The summed E-state index contributed by atoms with van der Waals surface area (Å²) in [5.74, 6) is 0.982. The minimum absolute atomic E-state index is 0.00564. The molecule has 0 saturated carbocycles. The largest absolute Gasteiger partial charge is 0.507 e. The summed E-state index contributed by atoms with van der Waals surface area (Å²) in [6, 6.07) is 12.0. The van der Waals surface area contributed by atoms with Crippen LogP contribution in [0.4, 0.5) is 0 Å². The van der Waals surface area contributed by atoms with Gasteiger partial charge in [0.25, 0.3) is 0 Å². The number of benzene rings is 2. The fourth-order valence-electron chi connectivity index (χ4n) is 3.13. The molecule has 0 amide bonds. The Hall–Kier alpha value is -4.01. The molecule has 2 aromatic carbocycles. The van der Waals surface area contributed by atoms with Gasteiger partial charge >= 0.3 is 0 Å². The Morgan fingerprint density at radius 3 is 2.50 bits per heavy atom. The van der Waals surface area contributed by atoms with Crippen LogP contribution in [0.3, 0.4) is 0 Å². The van der Waals surface area contributed by atoms with Gasteiger partial charge in [0.1, 0.15) is 23.0 Å². The summed E-state index contributed by atoms with van der Waals surface area (Å²) < 4.78 is 16.4. The molecule has 8 nitrogen and oxygen atoms in total. The van der Waals surface area contributed by atoms with Gasteiger partial charge in [0.2, 0.25) is 5.78 Å². The van der Waals surface area contributed by atoms with Gasteiger partial charge in [-0.3, -0.25) is 9.69 Å².